The number of furan rings is 1. The molecule has 0 aliphatic rings. The van der Waals surface area contributed by atoms with Gasteiger partial charge in [-0.1, -0.05) is 18.5 Å². The quantitative estimate of drug-likeness (QED) is 0.840. The van der Waals surface area contributed by atoms with Crippen LogP contribution in [0.15, 0.2) is 34.7 Å². The summed E-state index contributed by atoms with van der Waals surface area (Å²) < 4.78 is 11.1. The van der Waals surface area contributed by atoms with E-state index in [0.29, 0.717) is 5.02 Å². The minimum absolute atomic E-state index is 0.188. The Labute approximate surface area is 124 Å². The van der Waals surface area contributed by atoms with Crippen LogP contribution in [0.4, 0.5) is 0 Å². The van der Waals surface area contributed by atoms with E-state index in [0.717, 1.165) is 35.8 Å². The van der Waals surface area contributed by atoms with Crippen LogP contribution in [-0.4, -0.2) is 13.7 Å². The summed E-state index contributed by atoms with van der Waals surface area (Å²) in [5, 5.41) is 4.05. The summed E-state index contributed by atoms with van der Waals surface area (Å²) in [5.41, 5.74) is 0.847. The number of hydrogen-bond acceptors (Lipinski definition) is 3. The number of benzene rings is 1. The zero-order valence-electron chi connectivity index (χ0n) is 12.1. The molecule has 1 heterocycles. The van der Waals surface area contributed by atoms with Crippen molar-refractivity contribution in [3.05, 3.63) is 41.1 Å². The van der Waals surface area contributed by atoms with Crippen molar-refractivity contribution < 1.29 is 9.15 Å². The molecule has 0 saturated carbocycles. The highest BCUT2D eigenvalue weighted by atomic mass is 35.5. The number of methoxy groups -OCH3 is 1. The summed E-state index contributed by atoms with van der Waals surface area (Å²) >= 11 is 6.23. The minimum Gasteiger partial charge on any atom is -0.497 e. The highest BCUT2D eigenvalue weighted by molar-refractivity contribution is 6.33. The molecule has 0 aliphatic carbocycles. The van der Waals surface area contributed by atoms with Crippen LogP contribution in [0.1, 0.15) is 32.1 Å². The summed E-state index contributed by atoms with van der Waals surface area (Å²) in [6, 6.07) is 9.65. The maximum absolute atomic E-state index is 6.23. The summed E-state index contributed by atoms with van der Waals surface area (Å²) in [7, 11) is 1.64. The van der Waals surface area contributed by atoms with E-state index in [1.54, 1.807) is 7.11 Å². The first-order valence-electron chi connectivity index (χ1n) is 6.82. The monoisotopic (exact) mass is 293 g/mol. The molecule has 0 spiro atoms. The number of nitrogens with one attached hydrogen (secondary N) is 1. The van der Waals surface area contributed by atoms with Gasteiger partial charge in [-0.15, -0.1) is 0 Å². The van der Waals surface area contributed by atoms with E-state index in [-0.39, 0.29) is 6.04 Å². The van der Waals surface area contributed by atoms with Gasteiger partial charge in [-0.05, 0) is 50.2 Å². The van der Waals surface area contributed by atoms with Crippen LogP contribution in [0.2, 0.25) is 5.02 Å². The molecule has 1 N–H and O–H groups in total. The third kappa shape index (κ3) is 3.35. The number of ether oxygens (including phenoxy) is 1. The van der Waals surface area contributed by atoms with Crippen LogP contribution >= 0.6 is 11.6 Å². The predicted octanol–water partition coefficient (Wildman–Crippen LogP) is 4.67. The van der Waals surface area contributed by atoms with Gasteiger partial charge < -0.3 is 14.5 Å². The van der Waals surface area contributed by atoms with Gasteiger partial charge in [0.1, 0.15) is 17.3 Å². The fourth-order valence-corrected chi connectivity index (χ4v) is 2.22. The van der Waals surface area contributed by atoms with Gasteiger partial charge in [-0.2, -0.15) is 0 Å². The average Bonchev–Trinajstić information content (AvgIpc) is 2.95. The molecule has 1 aromatic carbocycles. The fourth-order valence-electron chi connectivity index (χ4n) is 2.01. The van der Waals surface area contributed by atoms with E-state index < -0.39 is 0 Å². The Kier molecular flexibility index (Phi) is 5.10. The van der Waals surface area contributed by atoms with Crippen LogP contribution in [0.25, 0.3) is 11.3 Å². The Morgan fingerprint density at radius 1 is 1.30 bits per heavy atom. The molecule has 20 heavy (non-hydrogen) atoms. The van der Waals surface area contributed by atoms with Crippen molar-refractivity contribution in [3.8, 4) is 17.1 Å². The highest BCUT2D eigenvalue weighted by Gasteiger charge is 2.13. The molecule has 1 atom stereocenters. The van der Waals surface area contributed by atoms with Gasteiger partial charge in [0, 0.05) is 5.56 Å². The van der Waals surface area contributed by atoms with Crippen molar-refractivity contribution in [2.75, 3.05) is 13.7 Å². The molecular formula is C16H20ClNO2. The lowest BCUT2D eigenvalue weighted by molar-refractivity contribution is 0.414. The van der Waals surface area contributed by atoms with Crippen molar-refractivity contribution in [3.63, 3.8) is 0 Å². The molecule has 0 fully saturated rings. The molecule has 4 heteroatoms. The Morgan fingerprint density at radius 2 is 2.10 bits per heavy atom. The van der Waals surface area contributed by atoms with Crippen molar-refractivity contribution in [2.24, 2.45) is 0 Å². The van der Waals surface area contributed by atoms with E-state index in [1.165, 1.54) is 0 Å². The second-order valence-corrected chi connectivity index (χ2v) is 5.13. The molecule has 0 radical (unpaired) electrons. The lowest BCUT2D eigenvalue weighted by Crippen LogP contribution is -2.18. The van der Waals surface area contributed by atoms with Crippen LogP contribution in [0.5, 0.6) is 5.75 Å². The number of rotatable bonds is 6. The topological polar surface area (TPSA) is 34.4 Å². The molecule has 2 rings (SSSR count). The molecule has 108 valence electrons. The van der Waals surface area contributed by atoms with Gasteiger partial charge in [-0.3, -0.25) is 0 Å². The smallest absolute Gasteiger partial charge is 0.135 e. The lowest BCUT2D eigenvalue weighted by atomic mass is 10.1. The minimum atomic E-state index is 0.188. The zero-order valence-corrected chi connectivity index (χ0v) is 12.8. The van der Waals surface area contributed by atoms with Crippen molar-refractivity contribution in [1.82, 2.24) is 5.32 Å². The molecular weight excluding hydrogens is 274 g/mol. The Bertz CT molecular complexity index is 565. The van der Waals surface area contributed by atoms with Gasteiger partial charge in [0.05, 0.1) is 18.2 Å². The maximum atomic E-state index is 6.23. The van der Waals surface area contributed by atoms with Gasteiger partial charge in [0.25, 0.3) is 0 Å². The van der Waals surface area contributed by atoms with Crippen LogP contribution < -0.4 is 10.1 Å². The largest absolute Gasteiger partial charge is 0.497 e. The Morgan fingerprint density at radius 3 is 2.80 bits per heavy atom. The third-order valence-corrected chi connectivity index (χ3v) is 3.52. The van der Waals surface area contributed by atoms with E-state index in [4.69, 9.17) is 20.8 Å². The lowest BCUT2D eigenvalue weighted by Gasteiger charge is -2.10. The highest BCUT2D eigenvalue weighted by Crippen LogP contribution is 2.33. The van der Waals surface area contributed by atoms with E-state index in [9.17, 15) is 0 Å². The normalized spacial score (nSPS) is 12.4. The first-order chi connectivity index (χ1) is 9.65. The second-order valence-electron chi connectivity index (χ2n) is 4.72. The summed E-state index contributed by atoms with van der Waals surface area (Å²) in [6.07, 6.45) is 1.10. The Hall–Kier alpha value is -1.45. The van der Waals surface area contributed by atoms with Gasteiger partial charge >= 0.3 is 0 Å². The summed E-state index contributed by atoms with van der Waals surface area (Å²) in [5.74, 6) is 2.43. The zero-order chi connectivity index (χ0) is 14.5. The summed E-state index contributed by atoms with van der Waals surface area (Å²) in [6.45, 7) is 5.20. The second kappa shape index (κ2) is 6.82. The molecule has 1 aromatic heterocycles. The molecule has 0 amide bonds. The SMILES string of the molecule is CCCNC(C)c1ccc(-c2cc(OC)ccc2Cl)o1. The predicted molar refractivity (Wildman–Crippen MR) is 82.4 cm³/mol. The van der Waals surface area contributed by atoms with Gasteiger partial charge in [0.2, 0.25) is 0 Å². The van der Waals surface area contributed by atoms with Gasteiger partial charge in [-0.25, -0.2) is 0 Å². The fraction of sp³-hybridized carbons (Fsp3) is 0.375. The van der Waals surface area contributed by atoms with E-state index in [1.807, 2.05) is 30.3 Å². The van der Waals surface area contributed by atoms with Crippen molar-refractivity contribution in [1.29, 1.82) is 0 Å². The first-order valence-corrected chi connectivity index (χ1v) is 7.20. The first kappa shape index (κ1) is 14.9. The summed E-state index contributed by atoms with van der Waals surface area (Å²) in [4.78, 5) is 0. The third-order valence-electron chi connectivity index (χ3n) is 3.19. The van der Waals surface area contributed by atoms with Gasteiger partial charge in [0.15, 0.2) is 0 Å². The number of halogens is 1. The van der Waals surface area contributed by atoms with E-state index in [2.05, 4.69) is 19.2 Å². The van der Waals surface area contributed by atoms with Crippen LogP contribution in [0, 0.1) is 0 Å². The standard InChI is InChI=1S/C16H20ClNO2/c1-4-9-18-11(2)15-7-8-16(20-15)13-10-12(19-3)5-6-14(13)17/h5-8,10-11,18H,4,9H2,1-3H3. The molecule has 0 aliphatic heterocycles. The Balaban J connectivity index is 2.24. The van der Waals surface area contributed by atoms with Crippen LogP contribution in [0.3, 0.4) is 0 Å². The maximum Gasteiger partial charge on any atom is 0.135 e. The molecule has 2 aromatic rings. The van der Waals surface area contributed by atoms with E-state index >= 15 is 0 Å². The van der Waals surface area contributed by atoms with Crippen molar-refractivity contribution >= 4 is 11.6 Å². The van der Waals surface area contributed by atoms with Crippen molar-refractivity contribution in [2.45, 2.75) is 26.3 Å². The number of hydrogen-bond donors (Lipinski definition) is 1. The average molecular weight is 294 g/mol. The molecule has 0 saturated heterocycles. The molecule has 0 bridgehead atoms. The van der Waals surface area contributed by atoms with Crippen LogP contribution in [-0.2, 0) is 0 Å². The molecule has 1 unspecified atom stereocenters. The molecule has 3 nitrogen and oxygen atoms in total.